The van der Waals surface area contributed by atoms with Crippen molar-refractivity contribution in [3.05, 3.63) is 35.9 Å². The molecule has 1 aromatic rings. The van der Waals surface area contributed by atoms with Gasteiger partial charge in [0.25, 0.3) is 0 Å². The summed E-state index contributed by atoms with van der Waals surface area (Å²) in [6.45, 7) is 2.33. The van der Waals surface area contributed by atoms with E-state index in [9.17, 15) is 9.90 Å². The second-order valence-electron chi connectivity index (χ2n) is 6.47. The molecule has 0 aromatic heterocycles. The number of aliphatic hydroxyl groups excluding tert-OH is 1. The molecule has 0 heterocycles. The third-order valence-corrected chi connectivity index (χ3v) is 4.55. The van der Waals surface area contributed by atoms with Crippen LogP contribution in [0.3, 0.4) is 0 Å². The zero-order valence-corrected chi connectivity index (χ0v) is 13.7. The topological polar surface area (TPSA) is 52.6 Å². The summed E-state index contributed by atoms with van der Waals surface area (Å²) >= 11 is 0. The van der Waals surface area contributed by atoms with Crippen LogP contribution in [0.4, 0.5) is 4.79 Å². The van der Waals surface area contributed by atoms with Crippen molar-refractivity contribution in [2.45, 2.75) is 57.1 Å². The minimum Gasteiger partial charge on any atom is -0.393 e. The number of nitrogens with zero attached hydrogens (tertiary/aromatic N) is 1. The summed E-state index contributed by atoms with van der Waals surface area (Å²) in [6, 6.07) is 10.9. The van der Waals surface area contributed by atoms with Gasteiger partial charge in [0.2, 0.25) is 0 Å². The number of hydrogen-bond acceptors (Lipinski definition) is 2. The molecule has 4 heteroatoms. The SMILES string of the molecule is C[C@@H](O)CCN(C)C(=O)NC1CCC(c2ccccc2)CC1. The number of benzene rings is 1. The number of urea groups is 1. The number of hydrogen-bond donors (Lipinski definition) is 2. The Morgan fingerprint density at radius 2 is 1.91 bits per heavy atom. The average molecular weight is 304 g/mol. The molecular formula is C18H28N2O2. The molecule has 2 rings (SSSR count). The van der Waals surface area contributed by atoms with E-state index in [-0.39, 0.29) is 18.2 Å². The van der Waals surface area contributed by atoms with Crippen LogP contribution in [0.1, 0.15) is 50.5 Å². The van der Waals surface area contributed by atoms with Gasteiger partial charge in [0.15, 0.2) is 0 Å². The summed E-state index contributed by atoms with van der Waals surface area (Å²) in [5.41, 5.74) is 1.42. The van der Waals surface area contributed by atoms with Crippen LogP contribution in [0.2, 0.25) is 0 Å². The Labute approximate surface area is 133 Å². The van der Waals surface area contributed by atoms with Gasteiger partial charge in [-0.2, -0.15) is 0 Å². The number of rotatable bonds is 5. The van der Waals surface area contributed by atoms with Crippen molar-refractivity contribution in [1.82, 2.24) is 10.2 Å². The second-order valence-corrected chi connectivity index (χ2v) is 6.47. The lowest BCUT2D eigenvalue weighted by Crippen LogP contribution is -2.44. The Balaban J connectivity index is 1.74. The van der Waals surface area contributed by atoms with Crippen molar-refractivity contribution in [2.24, 2.45) is 0 Å². The highest BCUT2D eigenvalue weighted by molar-refractivity contribution is 5.74. The first kappa shape index (κ1) is 16.8. The van der Waals surface area contributed by atoms with Gasteiger partial charge in [-0.3, -0.25) is 0 Å². The molecule has 1 fully saturated rings. The first-order valence-corrected chi connectivity index (χ1v) is 8.31. The van der Waals surface area contributed by atoms with E-state index in [1.54, 1.807) is 18.9 Å². The summed E-state index contributed by atoms with van der Waals surface area (Å²) in [7, 11) is 1.79. The van der Waals surface area contributed by atoms with Gasteiger partial charge in [-0.15, -0.1) is 0 Å². The Morgan fingerprint density at radius 1 is 1.27 bits per heavy atom. The fraction of sp³-hybridized carbons (Fsp3) is 0.611. The monoisotopic (exact) mass is 304 g/mol. The van der Waals surface area contributed by atoms with Crippen LogP contribution in [0.25, 0.3) is 0 Å². The maximum Gasteiger partial charge on any atom is 0.317 e. The number of amides is 2. The molecule has 0 aliphatic heterocycles. The normalized spacial score (nSPS) is 22.9. The number of aliphatic hydroxyl groups is 1. The molecule has 1 aromatic carbocycles. The summed E-state index contributed by atoms with van der Waals surface area (Å²) < 4.78 is 0. The highest BCUT2D eigenvalue weighted by Gasteiger charge is 2.24. The van der Waals surface area contributed by atoms with E-state index in [1.807, 2.05) is 0 Å². The van der Waals surface area contributed by atoms with Gasteiger partial charge in [-0.25, -0.2) is 4.79 Å². The number of carbonyl (C=O) groups is 1. The molecule has 22 heavy (non-hydrogen) atoms. The molecule has 1 aliphatic carbocycles. The molecule has 2 amide bonds. The Kier molecular flexibility index (Phi) is 6.25. The van der Waals surface area contributed by atoms with Crippen molar-refractivity contribution in [3.63, 3.8) is 0 Å². The fourth-order valence-electron chi connectivity index (χ4n) is 3.06. The minimum atomic E-state index is -0.364. The van der Waals surface area contributed by atoms with Gasteiger partial charge >= 0.3 is 6.03 Å². The van der Waals surface area contributed by atoms with E-state index in [1.165, 1.54) is 5.56 Å². The van der Waals surface area contributed by atoms with Crippen LogP contribution in [-0.4, -0.2) is 41.8 Å². The maximum atomic E-state index is 12.1. The van der Waals surface area contributed by atoms with Crippen molar-refractivity contribution in [3.8, 4) is 0 Å². The quantitative estimate of drug-likeness (QED) is 0.878. The third-order valence-electron chi connectivity index (χ3n) is 4.55. The van der Waals surface area contributed by atoms with Crippen molar-refractivity contribution < 1.29 is 9.90 Å². The average Bonchev–Trinajstić information content (AvgIpc) is 2.54. The number of carbonyl (C=O) groups excluding carboxylic acids is 1. The standard InChI is InChI=1S/C18H28N2O2/c1-14(21)12-13-20(2)18(22)19-17-10-8-16(9-11-17)15-6-4-3-5-7-15/h3-7,14,16-17,21H,8-13H2,1-2H3,(H,19,22)/t14-,16?,17?/m1/s1. The number of nitrogens with one attached hydrogen (secondary N) is 1. The fourth-order valence-corrected chi connectivity index (χ4v) is 3.06. The smallest absolute Gasteiger partial charge is 0.317 e. The first-order valence-electron chi connectivity index (χ1n) is 8.31. The molecule has 0 radical (unpaired) electrons. The zero-order chi connectivity index (χ0) is 15.9. The van der Waals surface area contributed by atoms with E-state index in [0.717, 1.165) is 25.7 Å². The largest absolute Gasteiger partial charge is 0.393 e. The van der Waals surface area contributed by atoms with Gasteiger partial charge in [-0.1, -0.05) is 30.3 Å². The molecule has 1 aliphatic rings. The van der Waals surface area contributed by atoms with Crippen molar-refractivity contribution in [2.75, 3.05) is 13.6 Å². The predicted octanol–water partition coefficient (Wildman–Crippen LogP) is 3.13. The summed E-state index contributed by atoms with van der Waals surface area (Å²) in [5.74, 6) is 0.627. The van der Waals surface area contributed by atoms with E-state index < -0.39 is 0 Å². The Hall–Kier alpha value is -1.55. The lowest BCUT2D eigenvalue weighted by molar-refractivity contribution is 0.161. The highest BCUT2D eigenvalue weighted by atomic mass is 16.3. The lowest BCUT2D eigenvalue weighted by Gasteiger charge is -2.31. The van der Waals surface area contributed by atoms with Gasteiger partial charge in [-0.05, 0) is 50.5 Å². The molecule has 0 spiro atoms. The third kappa shape index (κ3) is 5.02. The molecule has 4 nitrogen and oxygen atoms in total. The molecular weight excluding hydrogens is 276 g/mol. The Bertz CT molecular complexity index is 453. The van der Waals surface area contributed by atoms with Gasteiger partial charge in [0.1, 0.15) is 0 Å². The summed E-state index contributed by atoms with van der Waals surface area (Å²) in [5, 5.41) is 12.4. The van der Waals surface area contributed by atoms with Crippen molar-refractivity contribution in [1.29, 1.82) is 0 Å². The van der Waals surface area contributed by atoms with Crippen LogP contribution in [0, 0.1) is 0 Å². The zero-order valence-electron chi connectivity index (χ0n) is 13.7. The maximum absolute atomic E-state index is 12.1. The van der Waals surface area contributed by atoms with Crippen LogP contribution >= 0.6 is 0 Å². The summed E-state index contributed by atoms with van der Waals surface area (Å²) in [6.07, 6.45) is 4.59. The molecule has 1 atom stereocenters. The lowest BCUT2D eigenvalue weighted by atomic mass is 9.82. The molecule has 2 N–H and O–H groups in total. The van der Waals surface area contributed by atoms with E-state index in [4.69, 9.17) is 0 Å². The van der Waals surface area contributed by atoms with Gasteiger partial charge < -0.3 is 15.3 Å². The molecule has 1 saturated carbocycles. The Morgan fingerprint density at radius 3 is 2.50 bits per heavy atom. The van der Waals surface area contributed by atoms with Crippen LogP contribution in [0.5, 0.6) is 0 Å². The summed E-state index contributed by atoms with van der Waals surface area (Å²) in [4.78, 5) is 13.8. The predicted molar refractivity (Wildman–Crippen MR) is 88.9 cm³/mol. The van der Waals surface area contributed by atoms with Crippen LogP contribution < -0.4 is 5.32 Å². The minimum absolute atomic E-state index is 0.0242. The van der Waals surface area contributed by atoms with Crippen LogP contribution in [0.15, 0.2) is 30.3 Å². The molecule has 122 valence electrons. The molecule has 0 saturated heterocycles. The first-order chi connectivity index (χ1) is 10.6. The van der Waals surface area contributed by atoms with E-state index in [0.29, 0.717) is 18.9 Å². The van der Waals surface area contributed by atoms with Crippen LogP contribution in [-0.2, 0) is 0 Å². The molecule has 0 unspecified atom stereocenters. The highest BCUT2D eigenvalue weighted by Crippen LogP contribution is 2.32. The van der Waals surface area contributed by atoms with Crippen molar-refractivity contribution >= 4 is 6.03 Å². The van der Waals surface area contributed by atoms with E-state index >= 15 is 0 Å². The second kappa shape index (κ2) is 8.18. The van der Waals surface area contributed by atoms with E-state index in [2.05, 4.69) is 35.6 Å². The van der Waals surface area contributed by atoms with Gasteiger partial charge in [0, 0.05) is 19.6 Å². The van der Waals surface area contributed by atoms with Gasteiger partial charge in [0.05, 0.1) is 6.10 Å². The molecule has 0 bridgehead atoms.